The Labute approximate surface area is 182 Å². The fourth-order valence-corrected chi connectivity index (χ4v) is 4.37. The van der Waals surface area contributed by atoms with Crippen LogP contribution in [0.25, 0.3) is 22.3 Å². The topological polar surface area (TPSA) is 49.6 Å². The largest absolute Gasteiger partial charge is 0.329 e. The average Bonchev–Trinajstić information content (AvgIpc) is 3.27. The molecule has 4 aromatic rings. The van der Waals surface area contributed by atoms with Crippen LogP contribution < -0.4 is 4.90 Å². The minimum absolute atomic E-state index is 0.588. The maximum absolute atomic E-state index is 4.83. The third-order valence-corrected chi connectivity index (χ3v) is 6.28. The zero-order valence-electron chi connectivity index (χ0n) is 18.6. The Kier molecular flexibility index (Phi) is 4.94. The van der Waals surface area contributed by atoms with Gasteiger partial charge in [-0.25, -0.2) is 0 Å². The van der Waals surface area contributed by atoms with Gasteiger partial charge in [0.2, 0.25) is 0 Å². The van der Waals surface area contributed by atoms with E-state index in [0.717, 1.165) is 41.9 Å². The number of anilines is 2. The molecule has 0 unspecified atom stereocenters. The van der Waals surface area contributed by atoms with Gasteiger partial charge in [-0.1, -0.05) is 24.3 Å². The van der Waals surface area contributed by atoms with Crippen molar-refractivity contribution >= 4 is 33.8 Å². The second kappa shape index (κ2) is 7.78. The summed E-state index contributed by atoms with van der Waals surface area (Å²) in [6.45, 7) is 8.75. The molecular formula is C25H28N6. The highest BCUT2D eigenvalue weighted by Gasteiger charge is 2.18. The van der Waals surface area contributed by atoms with E-state index in [1.54, 1.807) is 6.33 Å². The van der Waals surface area contributed by atoms with Gasteiger partial charge >= 0.3 is 0 Å². The number of hydrogen-bond donors (Lipinski definition) is 0. The quantitative estimate of drug-likeness (QED) is 0.479. The molecule has 0 bridgehead atoms. The average molecular weight is 413 g/mol. The number of aryl methyl sites for hydroxylation is 1. The van der Waals surface area contributed by atoms with Crippen LogP contribution in [-0.4, -0.2) is 50.7 Å². The van der Waals surface area contributed by atoms with E-state index in [9.17, 15) is 0 Å². The Bertz CT molecular complexity index is 1290. The highest BCUT2D eigenvalue weighted by atomic mass is 15.3. The second-order valence-corrected chi connectivity index (χ2v) is 8.63. The smallest absolute Gasteiger partial charge is 0.257 e. The van der Waals surface area contributed by atoms with Gasteiger partial charge < -0.3 is 4.90 Å². The molecule has 158 valence electrons. The van der Waals surface area contributed by atoms with Gasteiger partial charge in [-0.15, -0.1) is 10.2 Å². The van der Waals surface area contributed by atoms with E-state index in [-0.39, 0.29) is 0 Å². The zero-order chi connectivity index (χ0) is 21.5. The highest BCUT2D eigenvalue weighted by molar-refractivity contribution is 5.93. The van der Waals surface area contributed by atoms with E-state index in [2.05, 4.69) is 96.4 Å². The molecule has 0 radical (unpaired) electrons. The highest BCUT2D eigenvalue weighted by Crippen LogP contribution is 2.33. The first kappa shape index (κ1) is 19.7. The fraction of sp³-hybridized carbons (Fsp3) is 0.320. The third kappa shape index (κ3) is 3.57. The molecule has 0 saturated carbocycles. The zero-order valence-corrected chi connectivity index (χ0v) is 18.6. The minimum atomic E-state index is 0.588. The first-order valence-corrected chi connectivity index (χ1v) is 10.9. The van der Waals surface area contributed by atoms with Gasteiger partial charge in [-0.2, -0.15) is 4.98 Å². The molecule has 1 aliphatic heterocycles. The van der Waals surface area contributed by atoms with Crippen molar-refractivity contribution < 1.29 is 0 Å². The number of nitrogens with zero attached hydrogens (tertiary/aromatic N) is 6. The molecule has 0 N–H and O–H groups in total. The van der Waals surface area contributed by atoms with Gasteiger partial charge in [0.1, 0.15) is 12.1 Å². The molecule has 0 fully saturated rings. The number of rotatable bonds is 4. The van der Waals surface area contributed by atoms with E-state index in [1.807, 2.05) is 4.40 Å². The molecule has 1 aliphatic rings. The molecule has 2 aromatic carbocycles. The van der Waals surface area contributed by atoms with Gasteiger partial charge in [0, 0.05) is 37.3 Å². The standard InChI is InChI=1S/C25H28N6/c1-17(2)30-12-10-19(11-13-30)20-6-5-7-21(15-20)29(4)24-22-9-8-18(3)14-23(22)31-16-26-28-25(31)27-24/h5-10,14-17H,11-13H2,1-4H3. The maximum atomic E-state index is 4.83. The SMILES string of the molecule is Cc1ccc2c(N(C)c3cccc(C4=CCN(C(C)C)CC4)c3)nc3nncn3c2c1. The van der Waals surface area contributed by atoms with Crippen molar-refractivity contribution in [3.63, 3.8) is 0 Å². The number of hydrogen-bond acceptors (Lipinski definition) is 5. The van der Waals surface area contributed by atoms with Gasteiger partial charge in [0.05, 0.1) is 5.52 Å². The summed E-state index contributed by atoms with van der Waals surface area (Å²) in [7, 11) is 2.07. The summed E-state index contributed by atoms with van der Waals surface area (Å²) >= 11 is 0. The number of fused-ring (bicyclic) bond motifs is 3. The van der Waals surface area contributed by atoms with Crippen LogP contribution in [0.15, 0.2) is 54.9 Å². The summed E-state index contributed by atoms with van der Waals surface area (Å²) in [6.07, 6.45) is 5.18. The molecule has 0 spiro atoms. The van der Waals surface area contributed by atoms with E-state index in [0.29, 0.717) is 11.8 Å². The summed E-state index contributed by atoms with van der Waals surface area (Å²) in [4.78, 5) is 9.49. The third-order valence-electron chi connectivity index (χ3n) is 6.28. The van der Waals surface area contributed by atoms with Crippen LogP contribution in [0.5, 0.6) is 0 Å². The normalized spacial score (nSPS) is 15.1. The molecule has 5 rings (SSSR count). The molecule has 0 atom stereocenters. The summed E-state index contributed by atoms with van der Waals surface area (Å²) in [6, 6.07) is 15.8. The monoisotopic (exact) mass is 412 g/mol. The Morgan fingerprint density at radius 2 is 1.97 bits per heavy atom. The number of aromatic nitrogens is 4. The fourth-order valence-electron chi connectivity index (χ4n) is 4.37. The van der Waals surface area contributed by atoms with Gasteiger partial charge in [0.15, 0.2) is 0 Å². The molecule has 6 heteroatoms. The van der Waals surface area contributed by atoms with Crippen LogP contribution >= 0.6 is 0 Å². The lowest BCUT2D eigenvalue weighted by Crippen LogP contribution is -2.34. The van der Waals surface area contributed by atoms with Crippen molar-refractivity contribution in [2.24, 2.45) is 0 Å². The summed E-state index contributed by atoms with van der Waals surface area (Å²) in [5.74, 6) is 1.50. The van der Waals surface area contributed by atoms with Gasteiger partial charge in [-0.3, -0.25) is 9.30 Å². The second-order valence-electron chi connectivity index (χ2n) is 8.63. The Hall–Kier alpha value is -3.25. The van der Waals surface area contributed by atoms with Crippen LogP contribution in [0.3, 0.4) is 0 Å². The van der Waals surface area contributed by atoms with Crippen molar-refractivity contribution in [1.82, 2.24) is 24.5 Å². The summed E-state index contributed by atoms with van der Waals surface area (Å²) < 4.78 is 1.95. The lowest BCUT2D eigenvalue weighted by Gasteiger charge is -2.30. The predicted molar refractivity (Wildman–Crippen MR) is 127 cm³/mol. The van der Waals surface area contributed by atoms with Crippen LogP contribution in [0.2, 0.25) is 0 Å². The molecule has 0 saturated heterocycles. The maximum Gasteiger partial charge on any atom is 0.257 e. The molecular weight excluding hydrogens is 384 g/mol. The summed E-state index contributed by atoms with van der Waals surface area (Å²) in [5.41, 5.74) is 6.09. The molecule has 0 aliphatic carbocycles. The van der Waals surface area contributed by atoms with Crippen LogP contribution in [0.1, 0.15) is 31.4 Å². The lowest BCUT2D eigenvalue weighted by atomic mass is 9.98. The molecule has 31 heavy (non-hydrogen) atoms. The molecule has 2 aromatic heterocycles. The first-order chi connectivity index (χ1) is 15.0. The van der Waals surface area contributed by atoms with Crippen molar-refractivity contribution in [2.45, 2.75) is 33.2 Å². The molecule has 6 nitrogen and oxygen atoms in total. The first-order valence-electron chi connectivity index (χ1n) is 10.9. The van der Waals surface area contributed by atoms with Crippen molar-refractivity contribution in [1.29, 1.82) is 0 Å². The van der Waals surface area contributed by atoms with Gasteiger partial charge in [-0.05, 0) is 68.2 Å². The van der Waals surface area contributed by atoms with E-state index in [1.165, 1.54) is 16.7 Å². The van der Waals surface area contributed by atoms with E-state index < -0.39 is 0 Å². The Morgan fingerprint density at radius 3 is 2.74 bits per heavy atom. The Balaban J connectivity index is 1.54. The van der Waals surface area contributed by atoms with Crippen LogP contribution in [-0.2, 0) is 0 Å². The molecule has 3 heterocycles. The summed E-state index contributed by atoms with van der Waals surface area (Å²) in [5, 5.41) is 9.36. The molecule has 0 amide bonds. The predicted octanol–water partition coefficient (Wildman–Crippen LogP) is 4.85. The van der Waals surface area contributed by atoms with Crippen molar-refractivity contribution in [2.75, 3.05) is 25.0 Å². The van der Waals surface area contributed by atoms with Crippen LogP contribution in [0.4, 0.5) is 11.5 Å². The van der Waals surface area contributed by atoms with Gasteiger partial charge in [0.25, 0.3) is 5.78 Å². The number of benzene rings is 2. The van der Waals surface area contributed by atoms with Crippen LogP contribution in [0, 0.1) is 6.92 Å². The van der Waals surface area contributed by atoms with E-state index in [4.69, 9.17) is 4.98 Å². The lowest BCUT2D eigenvalue weighted by molar-refractivity contribution is 0.245. The minimum Gasteiger partial charge on any atom is -0.329 e. The van der Waals surface area contributed by atoms with Crippen molar-refractivity contribution in [3.8, 4) is 0 Å². The van der Waals surface area contributed by atoms with Crippen molar-refractivity contribution in [3.05, 3.63) is 66.0 Å². The van der Waals surface area contributed by atoms with E-state index >= 15 is 0 Å². The Morgan fingerprint density at radius 1 is 1.10 bits per heavy atom.